The van der Waals surface area contributed by atoms with Crippen molar-refractivity contribution in [3.05, 3.63) is 20.8 Å². The molecule has 17 heavy (non-hydrogen) atoms. The third kappa shape index (κ3) is 2.38. The number of nitrogens with one attached hydrogen (secondary N) is 2. The summed E-state index contributed by atoms with van der Waals surface area (Å²) in [5.41, 5.74) is 4.63. The molecule has 2 unspecified atom stereocenters. The van der Waals surface area contributed by atoms with Crippen LogP contribution in [0, 0.1) is 5.92 Å². The molecule has 1 aliphatic rings. The molecule has 2 rings (SSSR count). The minimum absolute atomic E-state index is 0.234. The highest BCUT2D eigenvalue weighted by Crippen LogP contribution is 2.23. The van der Waals surface area contributed by atoms with Crippen LogP contribution < -0.4 is 21.9 Å². The fraction of sp³-hybridized carbons (Fsp3) is 0.700. The Morgan fingerprint density at radius 1 is 1.47 bits per heavy atom. The number of aromatic nitrogens is 3. The normalized spacial score (nSPS) is 24.9. The third-order valence-electron chi connectivity index (χ3n) is 3.28. The van der Waals surface area contributed by atoms with Crippen molar-refractivity contribution in [3.63, 3.8) is 0 Å². The monoisotopic (exact) mass is 239 g/mol. The summed E-state index contributed by atoms with van der Waals surface area (Å²) >= 11 is 0. The van der Waals surface area contributed by atoms with Gasteiger partial charge in [-0.15, -0.1) is 5.10 Å². The molecule has 2 atom stereocenters. The quantitative estimate of drug-likeness (QED) is 0.615. The van der Waals surface area contributed by atoms with Gasteiger partial charge in [-0.1, -0.05) is 0 Å². The van der Waals surface area contributed by atoms with E-state index in [1.165, 1.54) is 0 Å². The molecular weight excluding hydrogens is 222 g/mol. The van der Waals surface area contributed by atoms with Gasteiger partial charge in [-0.05, 0) is 32.2 Å². The van der Waals surface area contributed by atoms with Crippen LogP contribution in [0.2, 0.25) is 0 Å². The first kappa shape index (κ1) is 11.8. The Balaban J connectivity index is 2.30. The highest BCUT2D eigenvalue weighted by Gasteiger charge is 2.27. The highest BCUT2D eigenvalue weighted by atomic mass is 16.2. The smallest absolute Gasteiger partial charge is 0.342 e. The first-order chi connectivity index (χ1) is 8.11. The first-order valence-electron chi connectivity index (χ1n) is 5.77. The molecule has 1 aliphatic heterocycles. The van der Waals surface area contributed by atoms with E-state index < -0.39 is 11.2 Å². The maximum absolute atomic E-state index is 11.7. The molecule has 1 saturated heterocycles. The molecule has 1 aromatic heterocycles. The van der Waals surface area contributed by atoms with Gasteiger partial charge in [-0.25, -0.2) is 9.89 Å². The number of aromatic amines is 2. The molecule has 0 amide bonds. The van der Waals surface area contributed by atoms with Crippen molar-refractivity contribution in [3.8, 4) is 0 Å². The van der Waals surface area contributed by atoms with Crippen LogP contribution in [0.25, 0.3) is 0 Å². The van der Waals surface area contributed by atoms with Gasteiger partial charge in [0.15, 0.2) is 0 Å². The number of hydrogen-bond acceptors (Lipinski definition) is 5. The predicted molar refractivity (Wildman–Crippen MR) is 64.1 cm³/mol. The zero-order chi connectivity index (χ0) is 12.4. The van der Waals surface area contributed by atoms with Gasteiger partial charge in [0, 0.05) is 12.6 Å². The topological polar surface area (TPSA) is 108 Å². The second-order valence-corrected chi connectivity index (χ2v) is 4.51. The molecule has 0 saturated carbocycles. The summed E-state index contributed by atoms with van der Waals surface area (Å²) in [6.45, 7) is 3.35. The largest absolute Gasteiger partial charge is 0.348 e. The van der Waals surface area contributed by atoms with Crippen molar-refractivity contribution in [2.75, 3.05) is 18.0 Å². The Morgan fingerprint density at radius 3 is 2.88 bits per heavy atom. The highest BCUT2D eigenvalue weighted by molar-refractivity contribution is 5.36. The summed E-state index contributed by atoms with van der Waals surface area (Å²) in [4.78, 5) is 26.7. The maximum atomic E-state index is 11.7. The van der Waals surface area contributed by atoms with E-state index in [0.29, 0.717) is 19.0 Å². The lowest BCUT2D eigenvalue weighted by atomic mass is 9.94. The number of piperidine rings is 1. The average Bonchev–Trinajstić information content (AvgIpc) is 2.30. The summed E-state index contributed by atoms with van der Waals surface area (Å²) in [7, 11) is 0. The Bertz CT molecular complexity index is 494. The fourth-order valence-electron chi connectivity index (χ4n) is 2.21. The van der Waals surface area contributed by atoms with Crippen molar-refractivity contribution in [2.45, 2.75) is 25.8 Å². The number of hydrogen-bond donors (Lipinski definition) is 3. The second kappa shape index (κ2) is 4.70. The van der Waals surface area contributed by atoms with Gasteiger partial charge < -0.3 is 10.6 Å². The summed E-state index contributed by atoms with van der Waals surface area (Å²) in [6.07, 6.45) is 2.04. The molecule has 94 valence electrons. The van der Waals surface area contributed by atoms with E-state index in [4.69, 9.17) is 5.73 Å². The molecule has 0 radical (unpaired) electrons. The number of rotatable bonds is 2. The summed E-state index contributed by atoms with van der Waals surface area (Å²) in [5.74, 6) is 0.648. The predicted octanol–water partition coefficient (Wildman–Crippen LogP) is -0.978. The molecule has 1 fully saturated rings. The zero-order valence-corrected chi connectivity index (χ0v) is 9.77. The molecule has 1 aromatic rings. The molecule has 7 nitrogen and oxygen atoms in total. The van der Waals surface area contributed by atoms with E-state index in [0.717, 1.165) is 12.8 Å². The second-order valence-electron chi connectivity index (χ2n) is 4.51. The molecule has 0 spiro atoms. The zero-order valence-electron chi connectivity index (χ0n) is 9.77. The van der Waals surface area contributed by atoms with Crippen LogP contribution in [0.5, 0.6) is 0 Å². The Kier molecular flexibility index (Phi) is 3.28. The van der Waals surface area contributed by atoms with Crippen LogP contribution in [-0.4, -0.2) is 34.3 Å². The van der Waals surface area contributed by atoms with E-state index in [1.807, 2.05) is 11.8 Å². The van der Waals surface area contributed by atoms with Crippen LogP contribution in [0.1, 0.15) is 19.8 Å². The van der Waals surface area contributed by atoms with Crippen molar-refractivity contribution in [2.24, 2.45) is 11.7 Å². The number of nitrogens with two attached hydrogens (primary N) is 1. The maximum Gasteiger partial charge on any atom is 0.342 e. The Morgan fingerprint density at radius 2 is 2.24 bits per heavy atom. The molecule has 4 N–H and O–H groups in total. The SMILES string of the molecule is CC1CCC(CN)CN1c1n[nH]c(=O)[nH]c1=O. The van der Waals surface area contributed by atoms with E-state index in [-0.39, 0.29) is 11.9 Å². The standard InChI is InChI=1S/C10H17N5O2/c1-6-2-3-7(4-11)5-15(6)8-9(16)12-10(17)14-13-8/h6-7H,2-5,11H2,1H3,(H2,12,14,16,17). The van der Waals surface area contributed by atoms with Gasteiger partial charge in [-0.2, -0.15) is 0 Å². The van der Waals surface area contributed by atoms with Crippen LogP contribution in [0.3, 0.4) is 0 Å². The summed E-state index contributed by atoms with van der Waals surface area (Å²) in [6, 6.07) is 0.234. The minimum atomic E-state index is -0.584. The van der Waals surface area contributed by atoms with Crippen LogP contribution in [0.15, 0.2) is 9.59 Å². The Labute approximate surface area is 98.0 Å². The number of H-pyrrole nitrogens is 2. The van der Waals surface area contributed by atoms with Crippen LogP contribution >= 0.6 is 0 Å². The van der Waals surface area contributed by atoms with Gasteiger partial charge in [0.05, 0.1) is 0 Å². The van der Waals surface area contributed by atoms with Gasteiger partial charge in [0.1, 0.15) is 0 Å². The Hall–Kier alpha value is -1.63. The van der Waals surface area contributed by atoms with E-state index in [1.54, 1.807) is 0 Å². The molecular formula is C10H17N5O2. The summed E-state index contributed by atoms with van der Waals surface area (Å²) in [5, 5.41) is 6.08. The van der Waals surface area contributed by atoms with E-state index in [2.05, 4.69) is 15.2 Å². The molecule has 0 aliphatic carbocycles. The lowest BCUT2D eigenvalue weighted by Gasteiger charge is -2.37. The van der Waals surface area contributed by atoms with E-state index in [9.17, 15) is 9.59 Å². The van der Waals surface area contributed by atoms with Crippen LogP contribution in [-0.2, 0) is 0 Å². The number of nitrogens with zero attached hydrogens (tertiary/aromatic N) is 2. The number of anilines is 1. The van der Waals surface area contributed by atoms with Gasteiger partial charge in [-0.3, -0.25) is 9.78 Å². The minimum Gasteiger partial charge on any atom is -0.348 e. The lowest BCUT2D eigenvalue weighted by molar-refractivity contribution is 0.370. The van der Waals surface area contributed by atoms with E-state index >= 15 is 0 Å². The molecule has 7 heteroatoms. The van der Waals surface area contributed by atoms with Gasteiger partial charge in [0.25, 0.3) is 5.56 Å². The lowest BCUT2D eigenvalue weighted by Crippen LogP contribution is -2.47. The first-order valence-corrected chi connectivity index (χ1v) is 5.77. The van der Waals surface area contributed by atoms with Crippen LogP contribution in [0.4, 0.5) is 5.82 Å². The molecule has 2 heterocycles. The summed E-state index contributed by atoms with van der Waals surface area (Å²) < 4.78 is 0. The van der Waals surface area contributed by atoms with Crippen molar-refractivity contribution >= 4 is 5.82 Å². The van der Waals surface area contributed by atoms with Crippen molar-refractivity contribution in [1.82, 2.24) is 15.2 Å². The van der Waals surface area contributed by atoms with Gasteiger partial charge >= 0.3 is 5.69 Å². The molecule has 0 aromatic carbocycles. The fourth-order valence-corrected chi connectivity index (χ4v) is 2.21. The van der Waals surface area contributed by atoms with Gasteiger partial charge in [0.2, 0.25) is 5.82 Å². The third-order valence-corrected chi connectivity index (χ3v) is 3.28. The van der Waals surface area contributed by atoms with Crippen molar-refractivity contribution < 1.29 is 0 Å². The molecule has 0 bridgehead atoms. The average molecular weight is 239 g/mol. The van der Waals surface area contributed by atoms with Crippen molar-refractivity contribution in [1.29, 1.82) is 0 Å².